The average Bonchev–Trinajstić information content (AvgIpc) is 2.74. The van der Waals surface area contributed by atoms with Crippen LogP contribution in [0.25, 0.3) is 10.2 Å². The van der Waals surface area contributed by atoms with Crippen molar-refractivity contribution >= 4 is 21.6 Å². The highest BCUT2D eigenvalue weighted by molar-refractivity contribution is 7.18. The molecule has 18 heavy (non-hydrogen) atoms. The Morgan fingerprint density at radius 2 is 2.11 bits per heavy atom. The van der Waals surface area contributed by atoms with Gasteiger partial charge in [0.1, 0.15) is 4.83 Å². The number of rotatable bonds is 4. The van der Waals surface area contributed by atoms with Crippen molar-refractivity contribution in [3.63, 3.8) is 0 Å². The molecular weight excluding hydrogens is 248 g/mol. The van der Waals surface area contributed by atoms with E-state index in [2.05, 4.69) is 4.98 Å². The summed E-state index contributed by atoms with van der Waals surface area (Å²) in [5.41, 5.74) is -0.894. The summed E-state index contributed by atoms with van der Waals surface area (Å²) in [4.78, 5) is 18.4. The molecule has 0 atom stereocenters. The van der Waals surface area contributed by atoms with Gasteiger partial charge in [-0.25, -0.2) is 4.98 Å². The fraction of sp³-hybridized carbons (Fsp3) is 0.538. The third kappa shape index (κ3) is 2.33. The summed E-state index contributed by atoms with van der Waals surface area (Å²) >= 11 is 1.52. The number of hydrogen-bond donors (Lipinski definition) is 1. The molecule has 2 rings (SSSR count). The summed E-state index contributed by atoms with van der Waals surface area (Å²) in [5, 5.41) is 10.9. The van der Waals surface area contributed by atoms with Crippen LogP contribution in [0.5, 0.6) is 0 Å². The van der Waals surface area contributed by atoms with E-state index in [4.69, 9.17) is 0 Å². The van der Waals surface area contributed by atoms with E-state index >= 15 is 0 Å². The zero-order chi connectivity index (χ0) is 13.3. The lowest BCUT2D eigenvalue weighted by Crippen LogP contribution is -2.37. The number of aryl methyl sites for hydroxylation is 1. The maximum atomic E-state index is 12.3. The van der Waals surface area contributed by atoms with Crippen LogP contribution in [-0.2, 0) is 6.54 Å². The fourth-order valence-corrected chi connectivity index (χ4v) is 2.82. The first-order valence-corrected chi connectivity index (χ1v) is 6.98. The standard InChI is InChI=1S/C13H18N2O2S/c1-4-13(17,5-2)7-15-8-14-11-10(12(15)16)6-9(3)18-11/h6,8,17H,4-5,7H2,1-3H3. The Labute approximate surface area is 110 Å². The first-order chi connectivity index (χ1) is 8.49. The molecule has 0 unspecified atom stereocenters. The SMILES string of the molecule is CCC(O)(CC)Cn1cnc2sc(C)cc2c1=O. The summed E-state index contributed by atoms with van der Waals surface area (Å²) in [6.07, 6.45) is 2.78. The highest BCUT2D eigenvalue weighted by Crippen LogP contribution is 2.21. The van der Waals surface area contributed by atoms with Gasteiger partial charge in [0.15, 0.2) is 0 Å². The van der Waals surface area contributed by atoms with Gasteiger partial charge in [-0.2, -0.15) is 0 Å². The number of thiophene rings is 1. The normalized spacial score (nSPS) is 12.2. The summed E-state index contributed by atoms with van der Waals surface area (Å²) in [5.74, 6) is 0. The number of fused-ring (bicyclic) bond motifs is 1. The van der Waals surface area contributed by atoms with Gasteiger partial charge in [-0.1, -0.05) is 13.8 Å². The Balaban J connectivity index is 2.46. The van der Waals surface area contributed by atoms with Crippen molar-refractivity contribution in [2.24, 2.45) is 0 Å². The van der Waals surface area contributed by atoms with Crippen molar-refractivity contribution in [2.75, 3.05) is 0 Å². The topological polar surface area (TPSA) is 55.1 Å². The Morgan fingerprint density at radius 1 is 1.44 bits per heavy atom. The summed E-state index contributed by atoms with van der Waals surface area (Å²) in [6.45, 7) is 6.12. The quantitative estimate of drug-likeness (QED) is 0.924. The molecule has 0 fully saturated rings. The predicted octanol–water partition coefficient (Wildman–Crippen LogP) is 2.32. The molecule has 0 radical (unpaired) electrons. The minimum Gasteiger partial charge on any atom is -0.388 e. The van der Waals surface area contributed by atoms with Crippen LogP contribution >= 0.6 is 11.3 Å². The van der Waals surface area contributed by atoms with Gasteiger partial charge in [0.2, 0.25) is 0 Å². The molecule has 0 saturated carbocycles. The first kappa shape index (κ1) is 13.2. The van der Waals surface area contributed by atoms with E-state index < -0.39 is 5.60 Å². The second kappa shape index (κ2) is 4.82. The van der Waals surface area contributed by atoms with Gasteiger partial charge < -0.3 is 5.11 Å². The molecule has 0 amide bonds. The molecule has 2 aromatic rings. The maximum Gasteiger partial charge on any atom is 0.262 e. The largest absolute Gasteiger partial charge is 0.388 e. The second-order valence-electron chi connectivity index (χ2n) is 4.68. The molecule has 0 saturated heterocycles. The van der Waals surface area contributed by atoms with Crippen molar-refractivity contribution in [1.29, 1.82) is 0 Å². The minimum absolute atomic E-state index is 0.0651. The molecule has 0 aliphatic heterocycles. The van der Waals surface area contributed by atoms with Crippen LogP contribution in [0.2, 0.25) is 0 Å². The molecule has 2 heterocycles. The van der Waals surface area contributed by atoms with Crippen LogP contribution in [0.1, 0.15) is 31.6 Å². The smallest absolute Gasteiger partial charge is 0.262 e. The summed E-state index contributed by atoms with van der Waals surface area (Å²) < 4.78 is 1.52. The Bertz CT molecular complexity index is 611. The van der Waals surface area contributed by atoms with E-state index in [1.807, 2.05) is 26.8 Å². The molecule has 4 nitrogen and oxygen atoms in total. The van der Waals surface area contributed by atoms with Crippen LogP contribution in [0.15, 0.2) is 17.2 Å². The van der Waals surface area contributed by atoms with Gasteiger partial charge in [0.05, 0.1) is 23.9 Å². The van der Waals surface area contributed by atoms with E-state index in [1.165, 1.54) is 22.2 Å². The Hall–Kier alpha value is -1.20. The predicted molar refractivity (Wildman–Crippen MR) is 74.1 cm³/mol. The highest BCUT2D eigenvalue weighted by atomic mass is 32.1. The molecule has 0 aromatic carbocycles. The van der Waals surface area contributed by atoms with Crippen LogP contribution in [0.4, 0.5) is 0 Å². The van der Waals surface area contributed by atoms with Gasteiger partial charge in [0.25, 0.3) is 5.56 Å². The van der Waals surface area contributed by atoms with E-state index in [-0.39, 0.29) is 5.56 Å². The van der Waals surface area contributed by atoms with E-state index in [0.717, 1.165) is 9.71 Å². The van der Waals surface area contributed by atoms with Crippen LogP contribution < -0.4 is 5.56 Å². The lowest BCUT2D eigenvalue weighted by atomic mass is 9.97. The van der Waals surface area contributed by atoms with Crippen molar-refractivity contribution < 1.29 is 5.11 Å². The molecule has 1 N–H and O–H groups in total. The molecular formula is C13H18N2O2S. The van der Waals surface area contributed by atoms with Gasteiger partial charge in [-0.15, -0.1) is 11.3 Å². The van der Waals surface area contributed by atoms with E-state index in [1.54, 1.807) is 0 Å². The molecule has 0 bridgehead atoms. The Morgan fingerprint density at radius 3 is 2.72 bits per heavy atom. The van der Waals surface area contributed by atoms with Crippen molar-refractivity contribution in [2.45, 2.75) is 45.8 Å². The van der Waals surface area contributed by atoms with E-state index in [9.17, 15) is 9.90 Å². The zero-order valence-corrected chi connectivity index (χ0v) is 11.8. The molecule has 5 heteroatoms. The number of hydrogen-bond acceptors (Lipinski definition) is 4. The van der Waals surface area contributed by atoms with Crippen LogP contribution in [0.3, 0.4) is 0 Å². The lowest BCUT2D eigenvalue weighted by molar-refractivity contribution is 0.0140. The second-order valence-corrected chi connectivity index (χ2v) is 5.92. The summed E-state index contributed by atoms with van der Waals surface area (Å²) in [6, 6.07) is 1.86. The monoisotopic (exact) mass is 266 g/mol. The van der Waals surface area contributed by atoms with Gasteiger partial charge in [-0.3, -0.25) is 9.36 Å². The van der Waals surface area contributed by atoms with Gasteiger partial charge in [0, 0.05) is 4.88 Å². The third-order valence-corrected chi connectivity index (χ3v) is 4.38. The molecule has 0 aliphatic carbocycles. The third-order valence-electron chi connectivity index (χ3n) is 3.42. The molecule has 0 aliphatic rings. The first-order valence-electron chi connectivity index (χ1n) is 6.17. The van der Waals surface area contributed by atoms with Crippen molar-refractivity contribution in [1.82, 2.24) is 9.55 Å². The Kier molecular flexibility index (Phi) is 3.54. The maximum absolute atomic E-state index is 12.3. The molecule has 2 aromatic heterocycles. The number of aromatic nitrogens is 2. The van der Waals surface area contributed by atoms with E-state index in [0.29, 0.717) is 24.8 Å². The number of aliphatic hydroxyl groups is 1. The van der Waals surface area contributed by atoms with Crippen molar-refractivity contribution in [3.8, 4) is 0 Å². The summed E-state index contributed by atoms with van der Waals surface area (Å²) in [7, 11) is 0. The molecule has 98 valence electrons. The minimum atomic E-state index is -0.829. The van der Waals surface area contributed by atoms with Gasteiger partial charge >= 0.3 is 0 Å². The zero-order valence-electron chi connectivity index (χ0n) is 10.9. The van der Waals surface area contributed by atoms with Crippen LogP contribution in [-0.4, -0.2) is 20.3 Å². The van der Waals surface area contributed by atoms with Crippen molar-refractivity contribution in [3.05, 3.63) is 27.6 Å². The highest BCUT2D eigenvalue weighted by Gasteiger charge is 2.23. The molecule has 0 spiro atoms. The van der Waals surface area contributed by atoms with Gasteiger partial charge in [-0.05, 0) is 25.8 Å². The average molecular weight is 266 g/mol. The number of nitrogens with zero attached hydrogens (tertiary/aromatic N) is 2. The fourth-order valence-electron chi connectivity index (χ4n) is 1.98. The van der Waals surface area contributed by atoms with Crippen LogP contribution in [0, 0.1) is 6.92 Å². The lowest BCUT2D eigenvalue weighted by Gasteiger charge is -2.25.